The lowest BCUT2D eigenvalue weighted by atomic mass is 9.93. The van der Waals surface area contributed by atoms with Crippen LogP contribution in [-0.4, -0.2) is 12.5 Å². The standard InChI is InChI=1S/C28H40ClNO/c1-3-4-5-6-7-8-9-10-11-12-21-30-28(31)26-15-13-24(14-16-26)22-23(2)25-17-19-27(29)20-18-25/h13-20,23H,3-12,21-22H2,1-2H3,(H,30,31)/t23-/m0/s1. The Balaban J connectivity index is 1.59. The van der Waals surface area contributed by atoms with Crippen molar-refractivity contribution in [3.05, 3.63) is 70.2 Å². The van der Waals surface area contributed by atoms with Crippen molar-refractivity contribution < 1.29 is 4.79 Å². The Labute approximate surface area is 194 Å². The monoisotopic (exact) mass is 441 g/mol. The molecule has 0 aliphatic heterocycles. The summed E-state index contributed by atoms with van der Waals surface area (Å²) in [4.78, 5) is 12.4. The molecule has 2 nitrogen and oxygen atoms in total. The summed E-state index contributed by atoms with van der Waals surface area (Å²) in [6, 6.07) is 16.1. The third-order valence-corrected chi connectivity index (χ3v) is 6.26. The molecule has 1 amide bonds. The molecule has 0 aliphatic carbocycles. The predicted octanol–water partition coefficient (Wildman–Crippen LogP) is 8.34. The summed E-state index contributed by atoms with van der Waals surface area (Å²) in [5.41, 5.74) is 3.27. The Morgan fingerprint density at radius 3 is 1.94 bits per heavy atom. The normalized spacial score (nSPS) is 12.0. The van der Waals surface area contributed by atoms with Crippen molar-refractivity contribution in [3.8, 4) is 0 Å². The van der Waals surface area contributed by atoms with Crippen LogP contribution in [0.25, 0.3) is 0 Å². The van der Waals surface area contributed by atoms with Gasteiger partial charge in [0.2, 0.25) is 0 Å². The van der Waals surface area contributed by atoms with Crippen LogP contribution in [0.2, 0.25) is 5.02 Å². The van der Waals surface area contributed by atoms with E-state index in [9.17, 15) is 4.79 Å². The van der Waals surface area contributed by atoms with E-state index in [-0.39, 0.29) is 5.91 Å². The smallest absolute Gasteiger partial charge is 0.251 e. The number of hydrogen-bond donors (Lipinski definition) is 1. The number of rotatable bonds is 15. The lowest BCUT2D eigenvalue weighted by Gasteiger charge is -2.12. The summed E-state index contributed by atoms with van der Waals surface area (Å²) in [6.45, 7) is 5.25. The van der Waals surface area contributed by atoms with E-state index in [1.807, 2.05) is 24.3 Å². The second kappa shape index (κ2) is 15.1. The summed E-state index contributed by atoms with van der Waals surface area (Å²) in [6.07, 6.45) is 14.1. The van der Waals surface area contributed by atoms with Crippen LogP contribution in [0.1, 0.15) is 105 Å². The maximum absolute atomic E-state index is 12.4. The van der Waals surface area contributed by atoms with Gasteiger partial charge in [-0.05, 0) is 54.2 Å². The molecule has 1 atom stereocenters. The number of carbonyl (C=O) groups excluding carboxylic acids is 1. The largest absolute Gasteiger partial charge is 0.352 e. The van der Waals surface area contributed by atoms with Gasteiger partial charge < -0.3 is 5.32 Å². The number of nitrogens with one attached hydrogen (secondary N) is 1. The zero-order valence-electron chi connectivity index (χ0n) is 19.5. The molecule has 0 radical (unpaired) electrons. The molecule has 31 heavy (non-hydrogen) atoms. The average Bonchev–Trinajstić information content (AvgIpc) is 2.78. The predicted molar refractivity (Wildman–Crippen MR) is 134 cm³/mol. The first-order chi connectivity index (χ1) is 15.1. The zero-order chi connectivity index (χ0) is 22.3. The van der Waals surface area contributed by atoms with Crippen LogP contribution in [0.15, 0.2) is 48.5 Å². The lowest BCUT2D eigenvalue weighted by Crippen LogP contribution is -2.24. The van der Waals surface area contributed by atoms with Crippen molar-refractivity contribution in [1.29, 1.82) is 0 Å². The van der Waals surface area contributed by atoms with Crippen molar-refractivity contribution in [2.45, 2.75) is 90.4 Å². The van der Waals surface area contributed by atoms with Gasteiger partial charge in [-0.1, -0.05) is 108 Å². The minimum atomic E-state index is 0.0354. The van der Waals surface area contributed by atoms with Gasteiger partial charge in [0.05, 0.1) is 0 Å². The van der Waals surface area contributed by atoms with E-state index in [1.54, 1.807) is 0 Å². The fourth-order valence-corrected chi connectivity index (χ4v) is 4.10. The van der Waals surface area contributed by atoms with Crippen LogP contribution in [0, 0.1) is 0 Å². The molecular formula is C28H40ClNO. The van der Waals surface area contributed by atoms with Crippen molar-refractivity contribution in [3.63, 3.8) is 0 Å². The van der Waals surface area contributed by atoms with Crippen molar-refractivity contribution in [1.82, 2.24) is 5.32 Å². The summed E-state index contributed by atoms with van der Waals surface area (Å²) in [5, 5.41) is 3.83. The highest BCUT2D eigenvalue weighted by atomic mass is 35.5. The van der Waals surface area contributed by atoms with Gasteiger partial charge in [-0.3, -0.25) is 4.79 Å². The summed E-state index contributed by atoms with van der Waals surface area (Å²) >= 11 is 5.98. The van der Waals surface area contributed by atoms with E-state index < -0.39 is 0 Å². The van der Waals surface area contributed by atoms with Gasteiger partial charge in [0.1, 0.15) is 0 Å². The van der Waals surface area contributed by atoms with Crippen LogP contribution in [0.5, 0.6) is 0 Å². The quantitative estimate of drug-likeness (QED) is 0.276. The molecule has 0 saturated heterocycles. The SMILES string of the molecule is CCCCCCCCCCCCNC(=O)c1ccc(C[C@H](C)c2ccc(Cl)cc2)cc1. The van der Waals surface area contributed by atoms with Gasteiger partial charge in [0.25, 0.3) is 5.91 Å². The first-order valence-electron chi connectivity index (χ1n) is 12.2. The van der Waals surface area contributed by atoms with E-state index in [4.69, 9.17) is 11.6 Å². The molecule has 2 aromatic rings. The summed E-state index contributed by atoms with van der Waals surface area (Å²) in [5.74, 6) is 0.446. The molecule has 0 bridgehead atoms. The van der Waals surface area contributed by atoms with Crippen LogP contribution in [0.3, 0.4) is 0 Å². The highest BCUT2D eigenvalue weighted by molar-refractivity contribution is 6.30. The Bertz CT molecular complexity index is 739. The third kappa shape index (κ3) is 10.4. The number of hydrogen-bond acceptors (Lipinski definition) is 1. The maximum Gasteiger partial charge on any atom is 0.251 e. The molecule has 0 heterocycles. The van der Waals surface area contributed by atoms with Gasteiger partial charge in [-0.15, -0.1) is 0 Å². The van der Waals surface area contributed by atoms with E-state index in [1.165, 1.54) is 68.9 Å². The van der Waals surface area contributed by atoms with Crippen LogP contribution in [-0.2, 0) is 6.42 Å². The number of benzene rings is 2. The molecule has 0 saturated carbocycles. The molecule has 170 valence electrons. The first-order valence-corrected chi connectivity index (χ1v) is 12.6. The topological polar surface area (TPSA) is 29.1 Å². The Morgan fingerprint density at radius 1 is 0.806 bits per heavy atom. The first kappa shape index (κ1) is 25.5. The fourth-order valence-electron chi connectivity index (χ4n) is 3.97. The van der Waals surface area contributed by atoms with Crippen molar-refractivity contribution in [2.24, 2.45) is 0 Å². The molecule has 1 N–H and O–H groups in total. The number of halogens is 1. The molecule has 2 rings (SSSR count). The highest BCUT2D eigenvalue weighted by Gasteiger charge is 2.09. The molecule has 2 aromatic carbocycles. The maximum atomic E-state index is 12.4. The Morgan fingerprint density at radius 2 is 1.35 bits per heavy atom. The Kier molecular flexibility index (Phi) is 12.4. The van der Waals surface area contributed by atoms with Crippen LogP contribution in [0.4, 0.5) is 0 Å². The van der Waals surface area contributed by atoms with Crippen LogP contribution >= 0.6 is 11.6 Å². The summed E-state index contributed by atoms with van der Waals surface area (Å²) < 4.78 is 0. The third-order valence-electron chi connectivity index (χ3n) is 6.01. The van der Waals surface area contributed by atoms with Crippen molar-refractivity contribution in [2.75, 3.05) is 6.54 Å². The second-order valence-electron chi connectivity index (χ2n) is 8.79. The minimum Gasteiger partial charge on any atom is -0.352 e. The van der Waals surface area contributed by atoms with E-state index in [0.717, 1.165) is 30.0 Å². The van der Waals surface area contributed by atoms with Crippen LogP contribution < -0.4 is 5.32 Å². The van der Waals surface area contributed by atoms with E-state index in [0.29, 0.717) is 5.92 Å². The number of amides is 1. The van der Waals surface area contributed by atoms with Gasteiger partial charge in [-0.25, -0.2) is 0 Å². The Hall–Kier alpha value is -1.80. The zero-order valence-corrected chi connectivity index (χ0v) is 20.2. The van der Waals surface area contributed by atoms with E-state index >= 15 is 0 Å². The molecule has 0 fully saturated rings. The van der Waals surface area contributed by atoms with Gasteiger partial charge in [0, 0.05) is 17.1 Å². The van der Waals surface area contributed by atoms with Gasteiger partial charge in [0.15, 0.2) is 0 Å². The van der Waals surface area contributed by atoms with Crippen molar-refractivity contribution >= 4 is 17.5 Å². The van der Waals surface area contributed by atoms with E-state index in [2.05, 4.69) is 43.4 Å². The minimum absolute atomic E-state index is 0.0354. The molecule has 0 aromatic heterocycles. The molecule has 0 spiro atoms. The molecule has 0 unspecified atom stereocenters. The molecule has 3 heteroatoms. The lowest BCUT2D eigenvalue weighted by molar-refractivity contribution is 0.0953. The molecular weight excluding hydrogens is 402 g/mol. The number of unbranched alkanes of at least 4 members (excludes halogenated alkanes) is 9. The average molecular weight is 442 g/mol. The fraction of sp³-hybridized carbons (Fsp3) is 0.536. The summed E-state index contributed by atoms with van der Waals surface area (Å²) in [7, 11) is 0. The van der Waals surface area contributed by atoms with Gasteiger partial charge >= 0.3 is 0 Å². The second-order valence-corrected chi connectivity index (χ2v) is 9.23. The van der Waals surface area contributed by atoms with Gasteiger partial charge in [-0.2, -0.15) is 0 Å². The highest BCUT2D eigenvalue weighted by Crippen LogP contribution is 2.22. The molecule has 0 aliphatic rings. The number of carbonyl (C=O) groups is 1.